The van der Waals surface area contributed by atoms with Crippen LogP contribution in [0.3, 0.4) is 0 Å². The molecule has 1 amide bonds. The Labute approximate surface area is 168 Å². The van der Waals surface area contributed by atoms with Crippen molar-refractivity contribution < 1.29 is 4.79 Å². The summed E-state index contributed by atoms with van der Waals surface area (Å²) < 4.78 is 1.76. The maximum atomic E-state index is 12.1. The van der Waals surface area contributed by atoms with Crippen LogP contribution in [0.25, 0.3) is 33.4 Å². The van der Waals surface area contributed by atoms with Crippen molar-refractivity contribution >= 4 is 22.6 Å². The molecule has 0 spiro atoms. The molecule has 0 radical (unpaired) electrons. The quantitative estimate of drug-likeness (QED) is 0.552. The summed E-state index contributed by atoms with van der Waals surface area (Å²) in [7, 11) is 0. The van der Waals surface area contributed by atoms with Crippen molar-refractivity contribution in [3.05, 3.63) is 66.2 Å². The Morgan fingerprint density at radius 1 is 1.00 bits per heavy atom. The number of primary amides is 1. The van der Waals surface area contributed by atoms with E-state index in [0.717, 1.165) is 47.0 Å². The fourth-order valence-electron chi connectivity index (χ4n) is 3.84. The largest absolute Gasteiger partial charge is 0.383 e. The summed E-state index contributed by atoms with van der Waals surface area (Å²) in [6, 6.07) is 20.2. The second-order valence-electron chi connectivity index (χ2n) is 7.47. The zero-order valence-electron chi connectivity index (χ0n) is 15.9. The van der Waals surface area contributed by atoms with Crippen LogP contribution in [0.1, 0.15) is 35.7 Å². The van der Waals surface area contributed by atoms with E-state index in [1.807, 2.05) is 60.7 Å². The van der Waals surface area contributed by atoms with Crippen molar-refractivity contribution in [1.82, 2.24) is 14.8 Å². The van der Waals surface area contributed by atoms with Gasteiger partial charge in [0.05, 0.1) is 17.3 Å². The number of aromatic nitrogens is 3. The summed E-state index contributed by atoms with van der Waals surface area (Å²) in [5.74, 6) is -0.211. The molecule has 2 heterocycles. The first-order chi connectivity index (χ1) is 14.1. The summed E-state index contributed by atoms with van der Waals surface area (Å²) in [4.78, 5) is 16.9. The van der Waals surface area contributed by atoms with E-state index >= 15 is 0 Å². The van der Waals surface area contributed by atoms with Crippen LogP contribution in [-0.4, -0.2) is 20.7 Å². The maximum absolute atomic E-state index is 12.1. The van der Waals surface area contributed by atoms with Crippen molar-refractivity contribution in [1.29, 1.82) is 0 Å². The van der Waals surface area contributed by atoms with Gasteiger partial charge >= 0.3 is 0 Å². The SMILES string of the molecule is NC(=O)c1c(-c2ccc3ccc(-c4ccccc4)nc3c2)nn(C2CCC2)c1N. The number of nitrogen functional groups attached to an aromatic ring is 1. The highest BCUT2D eigenvalue weighted by Gasteiger charge is 2.28. The highest BCUT2D eigenvalue weighted by atomic mass is 16.1. The van der Waals surface area contributed by atoms with Crippen LogP contribution >= 0.6 is 0 Å². The molecule has 0 aliphatic heterocycles. The molecular weight excluding hydrogens is 362 g/mol. The van der Waals surface area contributed by atoms with Gasteiger partial charge in [-0.3, -0.25) is 4.79 Å². The van der Waals surface area contributed by atoms with E-state index in [2.05, 4.69) is 5.10 Å². The summed E-state index contributed by atoms with van der Waals surface area (Å²) in [6.45, 7) is 0. The van der Waals surface area contributed by atoms with E-state index in [9.17, 15) is 4.79 Å². The van der Waals surface area contributed by atoms with Crippen LogP contribution in [0.4, 0.5) is 5.82 Å². The van der Waals surface area contributed by atoms with E-state index in [-0.39, 0.29) is 11.6 Å². The van der Waals surface area contributed by atoms with Crippen molar-refractivity contribution in [2.75, 3.05) is 5.73 Å². The first-order valence-corrected chi connectivity index (χ1v) is 9.76. The Bertz CT molecular complexity index is 1220. The summed E-state index contributed by atoms with van der Waals surface area (Å²) in [5.41, 5.74) is 16.3. The van der Waals surface area contributed by atoms with Gasteiger partial charge in [0.2, 0.25) is 0 Å². The van der Waals surface area contributed by atoms with Crippen LogP contribution in [0.5, 0.6) is 0 Å². The van der Waals surface area contributed by atoms with Gasteiger partial charge in [-0.25, -0.2) is 9.67 Å². The number of nitrogens with zero attached hydrogens (tertiary/aromatic N) is 3. The summed E-state index contributed by atoms with van der Waals surface area (Å²) in [6.07, 6.45) is 3.18. The molecule has 4 aromatic rings. The van der Waals surface area contributed by atoms with Gasteiger partial charge in [0.1, 0.15) is 17.1 Å². The number of fused-ring (bicyclic) bond motifs is 1. The van der Waals surface area contributed by atoms with E-state index in [0.29, 0.717) is 11.5 Å². The standard InChI is InChI=1S/C23H21N5O/c24-22-20(23(25)29)21(27-28(22)17-7-4-8-17)16-10-9-15-11-12-18(26-19(15)13-16)14-5-2-1-3-6-14/h1-3,5-6,9-13,17H,4,7-8,24H2,(H2,25,29). The van der Waals surface area contributed by atoms with Gasteiger partial charge in [-0.1, -0.05) is 48.5 Å². The molecule has 1 aliphatic rings. The van der Waals surface area contributed by atoms with Crippen LogP contribution in [0, 0.1) is 0 Å². The molecule has 2 aromatic heterocycles. The monoisotopic (exact) mass is 383 g/mol. The predicted octanol–water partition coefficient (Wildman–Crippen LogP) is 4.17. The molecule has 144 valence electrons. The Balaban J connectivity index is 1.64. The molecule has 1 saturated carbocycles. The number of benzene rings is 2. The minimum atomic E-state index is -0.561. The fourth-order valence-corrected chi connectivity index (χ4v) is 3.84. The lowest BCUT2D eigenvalue weighted by atomic mass is 9.93. The lowest BCUT2D eigenvalue weighted by molar-refractivity contribution is 0.100. The van der Waals surface area contributed by atoms with Crippen molar-refractivity contribution in [2.24, 2.45) is 5.73 Å². The Morgan fingerprint density at radius 3 is 2.45 bits per heavy atom. The van der Waals surface area contributed by atoms with Crippen molar-refractivity contribution in [3.63, 3.8) is 0 Å². The van der Waals surface area contributed by atoms with E-state index < -0.39 is 5.91 Å². The molecule has 0 unspecified atom stereocenters. The zero-order chi connectivity index (χ0) is 20.0. The highest BCUT2D eigenvalue weighted by Crippen LogP contribution is 2.37. The number of carbonyl (C=O) groups is 1. The third-order valence-electron chi connectivity index (χ3n) is 5.65. The summed E-state index contributed by atoms with van der Waals surface area (Å²) >= 11 is 0. The minimum absolute atomic E-state index is 0.241. The Morgan fingerprint density at radius 2 is 1.76 bits per heavy atom. The van der Waals surface area contributed by atoms with Gasteiger partial charge in [-0.15, -0.1) is 0 Å². The number of anilines is 1. The number of carbonyl (C=O) groups excluding carboxylic acids is 1. The van der Waals surface area contributed by atoms with Gasteiger partial charge in [0.15, 0.2) is 0 Å². The number of hydrogen-bond acceptors (Lipinski definition) is 4. The number of amides is 1. The van der Waals surface area contributed by atoms with Crippen molar-refractivity contribution in [2.45, 2.75) is 25.3 Å². The average molecular weight is 383 g/mol. The van der Waals surface area contributed by atoms with E-state index in [4.69, 9.17) is 16.5 Å². The molecule has 4 N–H and O–H groups in total. The van der Waals surface area contributed by atoms with E-state index in [1.54, 1.807) is 4.68 Å². The molecule has 5 rings (SSSR count). The summed E-state index contributed by atoms with van der Waals surface area (Å²) in [5, 5.41) is 5.69. The number of rotatable bonds is 4. The molecule has 0 atom stereocenters. The number of hydrogen-bond donors (Lipinski definition) is 2. The molecule has 0 bridgehead atoms. The van der Waals surface area contributed by atoms with Gasteiger partial charge in [0, 0.05) is 16.5 Å². The molecule has 2 aromatic carbocycles. The number of nitrogens with two attached hydrogens (primary N) is 2. The molecule has 1 aliphatic carbocycles. The molecular formula is C23H21N5O. The van der Waals surface area contributed by atoms with Gasteiger partial charge in [-0.2, -0.15) is 5.10 Å². The maximum Gasteiger partial charge on any atom is 0.254 e. The second kappa shape index (κ2) is 6.74. The normalized spacial score (nSPS) is 14.1. The first kappa shape index (κ1) is 17.4. The Hall–Kier alpha value is -3.67. The van der Waals surface area contributed by atoms with Crippen molar-refractivity contribution in [3.8, 4) is 22.5 Å². The first-order valence-electron chi connectivity index (χ1n) is 9.76. The highest BCUT2D eigenvalue weighted by molar-refractivity contribution is 6.04. The van der Waals surface area contributed by atoms with Crippen LogP contribution in [0.15, 0.2) is 60.7 Å². The minimum Gasteiger partial charge on any atom is -0.383 e. The van der Waals surface area contributed by atoms with Gasteiger partial charge in [-0.05, 0) is 31.4 Å². The smallest absolute Gasteiger partial charge is 0.254 e. The topological polar surface area (TPSA) is 99.8 Å². The zero-order valence-corrected chi connectivity index (χ0v) is 15.9. The molecule has 6 nitrogen and oxygen atoms in total. The van der Waals surface area contributed by atoms with Crippen LogP contribution < -0.4 is 11.5 Å². The van der Waals surface area contributed by atoms with Crippen LogP contribution in [-0.2, 0) is 0 Å². The average Bonchev–Trinajstić information content (AvgIpc) is 3.03. The van der Waals surface area contributed by atoms with Gasteiger partial charge in [0.25, 0.3) is 5.91 Å². The van der Waals surface area contributed by atoms with Crippen LogP contribution in [0.2, 0.25) is 0 Å². The van der Waals surface area contributed by atoms with Gasteiger partial charge < -0.3 is 11.5 Å². The third kappa shape index (κ3) is 2.93. The second-order valence-corrected chi connectivity index (χ2v) is 7.47. The number of pyridine rings is 1. The molecule has 29 heavy (non-hydrogen) atoms. The molecule has 0 saturated heterocycles. The lowest BCUT2D eigenvalue weighted by Crippen LogP contribution is -2.21. The predicted molar refractivity (Wildman–Crippen MR) is 114 cm³/mol. The Kier molecular flexibility index (Phi) is 4.05. The third-order valence-corrected chi connectivity index (χ3v) is 5.65. The molecule has 6 heteroatoms. The van der Waals surface area contributed by atoms with E-state index in [1.165, 1.54) is 0 Å². The molecule has 1 fully saturated rings. The fraction of sp³-hybridized carbons (Fsp3) is 0.174. The lowest BCUT2D eigenvalue weighted by Gasteiger charge is -2.26.